The molecule has 1 amide bonds. The van der Waals surface area contributed by atoms with Crippen LogP contribution in [0.1, 0.15) is 55.3 Å². The normalized spacial score (nSPS) is 18.1. The van der Waals surface area contributed by atoms with Gasteiger partial charge in [0.05, 0.1) is 16.7 Å². The van der Waals surface area contributed by atoms with Crippen LogP contribution in [0.15, 0.2) is 18.2 Å². The summed E-state index contributed by atoms with van der Waals surface area (Å²) in [6, 6.07) is 6.34. The average Bonchev–Trinajstić information content (AvgIpc) is 2.42. The van der Waals surface area contributed by atoms with Crippen molar-refractivity contribution in [3.63, 3.8) is 0 Å². The van der Waals surface area contributed by atoms with Gasteiger partial charge < -0.3 is 5.32 Å². The molecule has 0 radical (unpaired) electrons. The van der Waals surface area contributed by atoms with Gasteiger partial charge in [-0.2, -0.15) is 5.26 Å². The Hall–Kier alpha value is -1.60. The Bertz CT molecular complexity index is 540. The van der Waals surface area contributed by atoms with E-state index in [-0.39, 0.29) is 10.6 Å². The van der Waals surface area contributed by atoms with E-state index in [1.54, 1.807) is 0 Å². The lowest BCUT2D eigenvalue weighted by Crippen LogP contribution is -2.48. The second kappa shape index (κ2) is 6.91. The second-order valence-electron chi connectivity index (χ2n) is 5.51. The summed E-state index contributed by atoms with van der Waals surface area (Å²) in [4.78, 5) is 12.3. The maximum atomic E-state index is 13.8. The highest BCUT2D eigenvalue weighted by Gasteiger charge is 2.33. The molecule has 0 saturated heterocycles. The van der Waals surface area contributed by atoms with Gasteiger partial charge in [0.2, 0.25) is 0 Å². The monoisotopic (exact) mass is 308 g/mol. The van der Waals surface area contributed by atoms with E-state index in [1.165, 1.54) is 18.2 Å². The third kappa shape index (κ3) is 3.74. The molecule has 0 unspecified atom stereocenters. The third-order valence-corrected chi connectivity index (χ3v) is 4.28. The second-order valence-corrected chi connectivity index (χ2v) is 5.92. The van der Waals surface area contributed by atoms with Crippen LogP contribution in [0.5, 0.6) is 0 Å². The van der Waals surface area contributed by atoms with Crippen molar-refractivity contribution >= 4 is 17.5 Å². The van der Waals surface area contributed by atoms with Crippen molar-refractivity contribution in [2.24, 2.45) is 0 Å². The van der Waals surface area contributed by atoms with Gasteiger partial charge in [0.25, 0.3) is 5.91 Å². The fourth-order valence-corrected chi connectivity index (χ4v) is 3.02. The van der Waals surface area contributed by atoms with Crippen molar-refractivity contribution < 1.29 is 9.18 Å². The standard InChI is InChI=1S/C16H18ClFN2O/c17-12-7-6-8-13(18)14(12)15(21)20-16(11-19)9-4-2-1-3-5-10-16/h6-8H,1-5,9-10H2,(H,20,21). The van der Waals surface area contributed by atoms with Crippen molar-refractivity contribution in [2.45, 2.75) is 50.5 Å². The topological polar surface area (TPSA) is 52.9 Å². The van der Waals surface area contributed by atoms with Crippen LogP contribution < -0.4 is 5.32 Å². The van der Waals surface area contributed by atoms with Crippen LogP contribution in [0.3, 0.4) is 0 Å². The number of benzene rings is 1. The lowest BCUT2D eigenvalue weighted by Gasteiger charge is -2.29. The summed E-state index contributed by atoms with van der Waals surface area (Å²) in [6.07, 6.45) is 6.24. The Balaban J connectivity index is 2.21. The van der Waals surface area contributed by atoms with Crippen molar-refractivity contribution in [1.29, 1.82) is 5.26 Å². The van der Waals surface area contributed by atoms with Gasteiger partial charge in [-0.05, 0) is 25.0 Å². The van der Waals surface area contributed by atoms with Crippen molar-refractivity contribution in [3.8, 4) is 6.07 Å². The van der Waals surface area contributed by atoms with Crippen molar-refractivity contribution in [2.75, 3.05) is 0 Å². The first-order valence-electron chi connectivity index (χ1n) is 7.26. The zero-order valence-electron chi connectivity index (χ0n) is 11.8. The molecule has 2 rings (SSSR count). The minimum Gasteiger partial charge on any atom is -0.334 e. The minimum atomic E-state index is -0.914. The largest absolute Gasteiger partial charge is 0.334 e. The summed E-state index contributed by atoms with van der Waals surface area (Å²) in [6.45, 7) is 0. The summed E-state index contributed by atoms with van der Waals surface area (Å²) in [7, 11) is 0. The first-order chi connectivity index (χ1) is 10.1. The fraction of sp³-hybridized carbons (Fsp3) is 0.500. The smallest absolute Gasteiger partial charge is 0.257 e. The van der Waals surface area contributed by atoms with Crippen LogP contribution in [0.25, 0.3) is 0 Å². The summed E-state index contributed by atoms with van der Waals surface area (Å²) in [5, 5.41) is 12.3. The van der Waals surface area contributed by atoms with Crippen molar-refractivity contribution in [1.82, 2.24) is 5.32 Å². The average molecular weight is 309 g/mol. The molecule has 0 bridgehead atoms. The molecule has 1 fully saturated rings. The first-order valence-corrected chi connectivity index (χ1v) is 7.63. The molecule has 0 aromatic heterocycles. The molecule has 1 saturated carbocycles. The summed E-state index contributed by atoms with van der Waals surface area (Å²) in [5.41, 5.74) is -1.10. The van der Waals surface area contributed by atoms with Gasteiger partial charge in [-0.25, -0.2) is 4.39 Å². The number of rotatable bonds is 2. The number of halogens is 2. The number of carbonyl (C=O) groups excluding carboxylic acids is 1. The predicted octanol–water partition coefficient (Wildman–Crippen LogP) is 4.22. The van der Waals surface area contributed by atoms with E-state index < -0.39 is 17.3 Å². The molecule has 112 valence electrons. The molecule has 21 heavy (non-hydrogen) atoms. The van der Waals surface area contributed by atoms with Gasteiger partial charge in [0.15, 0.2) is 0 Å². The minimum absolute atomic E-state index is 0.0615. The zero-order chi connectivity index (χ0) is 15.3. The molecule has 1 aliphatic rings. The highest BCUT2D eigenvalue weighted by atomic mass is 35.5. The molecule has 0 aliphatic heterocycles. The van der Waals surface area contributed by atoms with Gasteiger partial charge in [-0.1, -0.05) is 49.8 Å². The first kappa shape index (κ1) is 15.8. The number of hydrogen-bond donors (Lipinski definition) is 1. The van der Waals surface area contributed by atoms with Crippen LogP contribution in [-0.4, -0.2) is 11.4 Å². The van der Waals surface area contributed by atoms with E-state index in [0.29, 0.717) is 12.8 Å². The Morgan fingerprint density at radius 1 is 1.24 bits per heavy atom. The van der Waals surface area contributed by atoms with Gasteiger partial charge in [-0.15, -0.1) is 0 Å². The number of nitriles is 1. The van der Waals surface area contributed by atoms with Crippen LogP contribution in [0.2, 0.25) is 5.02 Å². The molecular weight excluding hydrogens is 291 g/mol. The van der Waals surface area contributed by atoms with Crippen LogP contribution >= 0.6 is 11.6 Å². The maximum absolute atomic E-state index is 13.8. The van der Waals surface area contributed by atoms with E-state index >= 15 is 0 Å². The van der Waals surface area contributed by atoms with E-state index in [4.69, 9.17) is 11.6 Å². The molecule has 1 aliphatic carbocycles. The molecule has 0 atom stereocenters. The quantitative estimate of drug-likeness (QED) is 0.889. The van der Waals surface area contributed by atoms with Crippen LogP contribution in [0.4, 0.5) is 4.39 Å². The SMILES string of the molecule is N#CC1(NC(=O)c2c(F)cccc2Cl)CCCCCCC1. The van der Waals surface area contributed by atoms with Crippen LogP contribution in [-0.2, 0) is 0 Å². The predicted molar refractivity (Wildman–Crippen MR) is 79.5 cm³/mol. The number of amides is 1. The number of nitrogens with zero attached hydrogens (tertiary/aromatic N) is 1. The summed E-state index contributed by atoms with van der Waals surface area (Å²) >= 11 is 5.91. The van der Waals surface area contributed by atoms with E-state index in [9.17, 15) is 14.4 Å². The number of hydrogen-bond acceptors (Lipinski definition) is 2. The van der Waals surface area contributed by atoms with E-state index in [2.05, 4.69) is 11.4 Å². The lowest BCUT2D eigenvalue weighted by molar-refractivity contribution is 0.0903. The Kier molecular flexibility index (Phi) is 5.19. The highest BCUT2D eigenvalue weighted by Crippen LogP contribution is 2.27. The molecular formula is C16H18ClFN2O. The van der Waals surface area contributed by atoms with Gasteiger partial charge in [0, 0.05) is 0 Å². The fourth-order valence-electron chi connectivity index (χ4n) is 2.77. The number of carbonyl (C=O) groups is 1. The Morgan fingerprint density at radius 3 is 2.43 bits per heavy atom. The molecule has 1 N–H and O–H groups in total. The maximum Gasteiger partial charge on any atom is 0.257 e. The lowest BCUT2D eigenvalue weighted by atomic mass is 9.85. The Morgan fingerprint density at radius 2 is 1.86 bits per heavy atom. The van der Waals surface area contributed by atoms with Crippen molar-refractivity contribution in [3.05, 3.63) is 34.6 Å². The van der Waals surface area contributed by atoms with Gasteiger partial charge in [0.1, 0.15) is 11.4 Å². The molecule has 0 heterocycles. The highest BCUT2D eigenvalue weighted by molar-refractivity contribution is 6.33. The van der Waals surface area contributed by atoms with Gasteiger partial charge in [-0.3, -0.25) is 4.79 Å². The molecule has 1 aromatic rings. The zero-order valence-corrected chi connectivity index (χ0v) is 12.5. The summed E-state index contributed by atoms with van der Waals surface area (Å²) in [5.74, 6) is -1.28. The van der Waals surface area contributed by atoms with Crippen LogP contribution in [0, 0.1) is 17.1 Å². The molecule has 5 heteroatoms. The molecule has 0 spiro atoms. The van der Waals surface area contributed by atoms with E-state index in [1.807, 2.05) is 0 Å². The summed E-state index contributed by atoms with van der Waals surface area (Å²) < 4.78 is 13.8. The number of nitrogens with one attached hydrogen (secondary N) is 1. The van der Waals surface area contributed by atoms with E-state index in [0.717, 1.165) is 32.1 Å². The Labute approximate surface area is 129 Å². The third-order valence-electron chi connectivity index (χ3n) is 3.96. The molecule has 3 nitrogen and oxygen atoms in total. The molecule has 1 aromatic carbocycles. The van der Waals surface area contributed by atoms with Gasteiger partial charge >= 0.3 is 0 Å².